The van der Waals surface area contributed by atoms with E-state index in [1.165, 1.54) is 11.3 Å². The van der Waals surface area contributed by atoms with Crippen LogP contribution in [-0.4, -0.2) is 22.2 Å². The predicted molar refractivity (Wildman–Crippen MR) is 88.7 cm³/mol. The largest absolute Gasteiger partial charge is 0.351 e. The van der Waals surface area contributed by atoms with Crippen molar-refractivity contribution in [1.29, 1.82) is 0 Å². The van der Waals surface area contributed by atoms with Gasteiger partial charge in [0.2, 0.25) is 0 Å². The van der Waals surface area contributed by atoms with Crippen LogP contribution in [0.2, 0.25) is 0 Å². The number of rotatable bonds is 5. The van der Waals surface area contributed by atoms with Gasteiger partial charge in [-0.1, -0.05) is 18.2 Å². The molecule has 0 aliphatic rings. The highest BCUT2D eigenvalue weighted by molar-refractivity contribution is 7.12. The average Bonchev–Trinajstić information content (AvgIpc) is 3.17. The summed E-state index contributed by atoms with van der Waals surface area (Å²) in [5, 5.41) is 9.25. The first-order valence-electron chi connectivity index (χ1n) is 7.15. The second-order valence-corrected chi connectivity index (χ2v) is 5.98. The highest BCUT2D eigenvalue weighted by Gasteiger charge is 2.09. The van der Waals surface area contributed by atoms with Crippen LogP contribution in [-0.2, 0) is 6.42 Å². The number of aromatic nitrogens is 2. The molecule has 0 aliphatic carbocycles. The lowest BCUT2D eigenvalue weighted by Crippen LogP contribution is -2.25. The summed E-state index contributed by atoms with van der Waals surface area (Å²) >= 11 is 1.48. The predicted octanol–water partition coefficient (Wildman–Crippen LogP) is 3.21. The van der Waals surface area contributed by atoms with E-state index in [1.807, 2.05) is 65.8 Å². The maximum absolute atomic E-state index is 12.0. The smallest absolute Gasteiger partial charge is 0.261 e. The summed E-state index contributed by atoms with van der Waals surface area (Å²) in [5.41, 5.74) is 3.17. The van der Waals surface area contributed by atoms with Crippen LogP contribution in [0.3, 0.4) is 0 Å². The third-order valence-corrected chi connectivity index (χ3v) is 4.44. The fourth-order valence-corrected chi connectivity index (χ4v) is 3.06. The Kier molecular flexibility index (Phi) is 4.34. The van der Waals surface area contributed by atoms with E-state index in [1.54, 1.807) is 0 Å². The Balaban J connectivity index is 1.56. The molecule has 1 aromatic carbocycles. The number of benzene rings is 1. The van der Waals surface area contributed by atoms with Crippen molar-refractivity contribution in [3.05, 3.63) is 70.2 Å². The first kappa shape index (κ1) is 14.5. The van der Waals surface area contributed by atoms with Gasteiger partial charge in [-0.2, -0.15) is 5.10 Å². The third kappa shape index (κ3) is 3.26. The molecular weight excluding hydrogens is 294 g/mol. The first-order valence-corrected chi connectivity index (χ1v) is 8.03. The fraction of sp³-hybridized carbons (Fsp3) is 0.176. The average molecular weight is 311 g/mol. The van der Waals surface area contributed by atoms with E-state index in [9.17, 15) is 4.79 Å². The lowest BCUT2D eigenvalue weighted by atomic mass is 10.2. The monoisotopic (exact) mass is 311 g/mol. The van der Waals surface area contributed by atoms with Crippen molar-refractivity contribution in [2.75, 3.05) is 6.54 Å². The van der Waals surface area contributed by atoms with Gasteiger partial charge in [0.15, 0.2) is 0 Å². The first-order chi connectivity index (χ1) is 10.7. The normalized spacial score (nSPS) is 10.6. The van der Waals surface area contributed by atoms with Crippen molar-refractivity contribution in [3.63, 3.8) is 0 Å². The van der Waals surface area contributed by atoms with Gasteiger partial charge in [0.1, 0.15) is 0 Å². The lowest BCUT2D eigenvalue weighted by Gasteiger charge is -2.03. The zero-order chi connectivity index (χ0) is 15.4. The van der Waals surface area contributed by atoms with E-state index in [2.05, 4.69) is 10.4 Å². The van der Waals surface area contributed by atoms with Crippen LogP contribution in [0, 0.1) is 6.92 Å². The molecular formula is C17H17N3OS. The van der Waals surface area contributed by atoms with Crippen LogP contribution >= 0.6 is 11.3 Å². The van der Waals surface area contributed by atoms with Crippen LogP contribution in [0.1, 0.15) is 20.8 Å². The molecule has 2 heterocycles. The van der Waals surface area contributed by atoms with Gasteiger partial charge >= 0.3 is 0 Å². The Morgan fingerprint density at radius 3 is 2.82 bits per heavy atom. The molecule has 0 saturated heterocycles. The van der Waals surface area contributed by atoms with Crippen molar-refractivity contribution in [1.82, 2.24) is 15.1 Å². The van der Waals surface area contributed by atoms with E-state index in [-0.39, 0.29) is 5.91 Å². The maximum atomic E-state index is 12.0. The molecule has 0 bridgehead atoms. The zero-order valence-electron chi connectivity index (χ0n) is 12.3. The van der Waals surface area contributed by atoms with Crippen molar-refractivity contribution in [2.24, 2.45) is 0 Å². The fourth-order valence-electron chi connectivity index (χ4n) is 2.22. The molecule has 22 heavy (non-hydrogen) atoms. The zero-order valence-corrected chi connectivity index (χ0v) is 13.1. The number of thiophene rings is 1. The Morgan fingerprint density at radius 2 is 2.09 bits per heavy atom. The summed E-state index contributed by atoms with van der Waals surface area (Å²) < 4.78 is 1.85. The van der Waals surface area contributed by atoms with Gasteiger partial charge in [0.05, 0.1) is 16.8 Å². The van der Waals surface area contributed by atoms with Crippen LogP contribution in [0.15, 0.2) is 54.2 Å². The molecule has 0 fully saturated rings. The van der Waals surface area contributed by atoms with E-state index in [0.717, 1.165) is 28.1 Å². The molecule has 2 aromatic heterocycles. The highest BCUT2D eigenvalue weighted by Crippen LogP contribution is 2.15. The van der Waals surface area contributed by atoms with Crippen LogP contribution < -0.4 is 5.32 Å². The number of aryl methyl sites for hydroxylation is 1. The molecule has 0 aliphatic heterocycles. The van der Waals surface area contributed by atoms with Crippen molar-refractivity contribution in [3.8, 4) is 5.69 Å². The Labute approximate surface area is 133 Å². The topological polar surface area (TPSA) is 46.9 Å². The van der Waals surface area contributed by atoms with Crippen LogP contribution in [0.4, 0.5) is 0 Å². The number of para-hydroxylation sites is 1. The Morgan fingerprint density at radius 1 is 1.27 bits per heavy atom. The van der Waals surface area contributed by atoms with Crippen LogP contribution in [0.5, 0.6) is 0 Å². The number of hydrogen-bond donors (Lipinski definition) is 1. The minimum Gasteiger partial charge on any atom is -0.351 e. The van der Waals surface area contributed by atoms with Gasteiger partial charge in [-0.3, -0.25) is 4.79 Å². The molecule has 3 rings (SSSR count). The summed E-state index contributed by atoms with van der Waals surface area (Å²) in [7, 11) is 0. The SMILES string of the molecule is Cc1ccsc1C(=O)NCCc1cnn(-c2ccccc2)c1. The van der Waals surface area contributed by atoms with Gasteiger partial charge in [0.25, 0.3) is 5.91 Å². The van der Waals surface area contributed by atoms with Gasteiger partial charge < -0.3 is 5.32 Å². The van der Waals surface area contributed by atoms with Crippen molar-refractivity contribution in [2.45, 2.75) is 13.3 Å². The number of nitrogens with one attached hydrogen (secondary N) is 1. The summed E-state index contributed by atoms with van der Waals surface area (Å²) in [5.74, 6) is 0.00273. The summed E-state index contributed by atoms with van der Waals surface area (Å²) in [6.45, 7) is 2.56. The second kappa shape index (κ2) is 6.58. The molecule has 4 nitrogen and oxygen atoms in total. The molecule has 1 amide bonds. The summed E-state index contributed by atoms with van der Waals surface area (Å²) in [6.07, 6.45) is 4.61. The standard InChI is InChI=1S/C17H17N3OS/c1-13-8-10-22-16(13)17(21)18-9-7-14-11-19-20(12-14)15-5-3-2-4-6-15/h2-6,8,10-12H,7,9H2,1H3,(H,18,21). The molecule has 1 N–H and O–H groups in total. The number of carbonyl (C=O) groups is 1. The summed E-state index contributed by atoms with van der Waals surface area (Å²) in [6, 6.07) is 11.9. The highest BCUT2D eigenvalue weighted by atomic mass is 32.1. The third-order valence-electron chi connectivity index (χ3n) is 3.42. The molecule has 0 radical (unpaired) electrons. The maximum Gasteiger partial charge on any atom is 0.261 e. The van der Waals surface area contributed by atoms with E-state index < -0.39 is 0 Å². The number of hydrogen-bond acceptors (Lipinski definition) is 3. The number of nitrogens with zero attached hydrogens (tertiary/aromatic N) is 2. The van der Waals surface area contributed by atoms with E-state index in [4.69, 9.17) is 0 Å². The van der Waals surface area contributed by atoms with Gasteiger partial charge in [-0.15, -0.1) is 11.3 Å². The second-order valence-electron chi connectivity index (χ2n) is 5.07. The molecule has 0 unspecified atom stereocenters. The van der Waals surface area contributed by atoms with E-state index >= 15 is 0 Å². The molecule has 0 saturated carbocycles. The Hall–Kier alpha value is -2.40. The molecule has 3 aromatic rings. The van der Waals surface area contributed by atoms with E-state index in [0.29, 0.717) is 6.54 Å². The van der Waals surface area contributed by atoms with Crippen molar-refractivity contribution < 1.29 is 4.79 Å². The quantitative estimate of drug-likeness (QED) is 0.786. The van der Waals surface area contributed by atoms with Crippen molar-refractivity contribution >= 4 is 17.2 Å². The summed E-state index contributed by atoms with van der Waals surface area (Å²) in [4.78, 5) is 12.8. The minimum absolute atomic E-state index is 0.00273. The lowest BCUT2D eigenvalue weighted by molar-refractivity contribution is 0.0957. The minimum atomic E-state index is 0.00273. The Bertz CT molecular complexity index is 761. The van der Waals surface area contributed by atoms with Gasteiger partial charge in [0, 0.05) is 12.7 Å². The van der Waals surface area contributed by atoms with Gasteiger partial charge in [-0.05, 0) is 48.1 Å². The van der Waals surface area contributed by atoms with Gasteiger partial charge in [-0.25, -0.2) is 4.68 Å². The molecule has 0 atom stereocenters. The molecule has 5 heteroatoms. The number of amides is 1. The molecule has 112 valence electrons. The molecule has 0 spiro atoms. The van der Waals surface area contributed by atoms with Crippen LogP contribution in [0.25, 0.3) is 5.69 Å². The number of carbonyl (C=O) groups excluding carboxylic acids is 1.